The van der Waals surface area contributed by atoms with Gasteiger partial charge in [0.1, 0.15) is 15.7 Å². The van der Waals surface area contributed by atoms with Gasteiger partial charge in [0.15, 0.2) is 0 Å². The molecule has 0 aliphatic rings. The van der Waals surface area contributed by atoms with E-state index >= 15 is 0 Å². The first-order valence-corrected chi connectivity index (χ1v) is 5.35. The summed E-state index contributed by atoms with van der Waals surface area (Å²) in [5.74, 6) is -1.28. The minimum Gasteiger partial charge on any atom is -0.477 e. The predicted octanol–water partition coefficient (Wildman–Crippen LogP) is 2.96. The smallest absolute Gasteiger partial charge is 0.347 e. The van der Waals surface area contributed by atoms with Gasteiger partial charge < -0.3 is 5.11 Å². The van der Waals surface area contributed by atoms with E-state index in [9.17, 15) is 9.18 Å². The van der Waals surface area contributed by atoms with Gasteiger partial charge in [-0.2, -0.15) is 0 Å². The molecular weight excluding hydrogens is 229 g/mol. The van der Waals surface area contributed by atoms with Gasteiger partial charge in [-0.05, 0) is 30.7 Å². The van der Waals surface area contributed by atoms with Gasteiger partial charge in [0.05, 0.1) is 6.20 Å². The molecule has 0 saturated heterocycles. The van der Waals surface area contributed by atoms with Crippen LogP contribution >= 0.6 is 11.3 Å². The van der Waals surface area contributed by atoms with Crippen LogP contribution in [0.25, 0.3) is 10.6 Å². The fourth-order valence-electron chi connectivity index (χ4n) is 1.28. The maximum absolute atomic E-state index is 13.0. The number of hydrogen-bond acceptors (Lipinski definition) is 3. The second-order valence-corrected chi connectivity index (χ2v) is 4.33. The van der Waals surface area contributed by atoms with Gasteiger partial charge >= 0.3 is 5.97 Å². The first kappa shape index (κ1) is 10.8. The Kier molecular flexibility index (Phi) is 2.70. The van der Waals surface area contributed by atoms with Crippen LogP contribution in [-0.2, 0) is 0 Å². The average molecular weight is 237 g/mol. The highest BCUT2D eigenvalue weighted by Crippen LogP contribution is 2.26. The molecule has 0 radical (unpaired) electrons. The summed E-state index contributed by atoms with van der Waals surface area (Å²) in [7, 11) is 0. The lowest BCUT2D eigenvalue weighted by Gasteiger charge is -1.99. The van der Waals surface area contributed by atoms with Crippen LogP contribution in [0.3, 0.4) is 0 Å². The summed E-state index contributed by atoms with van der Waals surface area (Å²) in [5.41, 5.74) is 1.25. The maximum atomic E-state index is 13.0. The summed E-state index contributed by atoms with van der Waals surface area (Å²) in [4.78, 5) is 14.8. The fourth-order valence-corrected chi connectivity index (χ4v) is 2.04. The van der Waals surface area contributed by atoms with Crippen LogP contribution in [0, 0.1) is 12.7 Å². The summed E-state index contributed by atoms with van der Waals surface area (Å²) in [6.45, 7) is 1.66. The zero-order chi connectivity index (χ0) is 11.7. The topological polar surface area (TPSA) is 50.2 Å². The Labute approximate surface area is 95.2 Å². The molecule has 0 saturated carbocycles. The molecule has 0 aliphatic heterocycles. The van der Waals surface area contributed by atoms with Crippen molar-refractivity contribution in [2.45, 2.75) is 6.92 Å². The van der Waals surface area contributed by atoms with Gasteiger partial charge in [0, 0.05) is 5.56 Å². The third-order valence-corrected chi connectivity index (χ3v) is 3.16. The van der Waals surface area contributed by atoms with Crippen LogP contribution in [-0.4, -0.2) is 16.1 Å². The normalized spacial score (nSPS) is 10.4. The average Bonchev–Trinajstić information content (AvgIpc) is 2.71. The molecule has 1 aromatic heterocycles. The molecule has 3 nitrogen and oxygen atoms in total. The molecule has 16 heavy (non-hydrogen) atoms. The summed E-state index contributed by atoms with van der Waals surface area (Å²) in [6.07, 6.45) is 1.31. The molecular formula is C11H8FNO2S. The highest BCUT2D eigenvalue weighted by atomic mass is 32.1. The zero-order valence-electron chi connectivity index (χ0n) is 8.40. The fraction of sp³-hybridized carbons (Fsp3) is 0.0909. The number of hydrogen-bond donors (Lipinski definition) is 1. The van der Waals surface area contributed by atoms with E-state index < -0.39 is 5.97 Å². The van der Waals surface area contributed by atoms with Gasteiger partial charge in [-0.1, -0.05) is 0 Å². The van der Waals surface area contributed by atoms with E-state index in [2.05, 4.69) is 4.98 Å². The molecule has 82 valence electrons. The molecule has 0 atom stereocenters. The highest BCUT2D eigenvalue weighted by molar-refractivity contribution is 7.16. The third-order valence-electron chi connectivity index (χ3n) is 2.12. The summed E-state index contributed by atoms with van der Waals surface area (Å²) in [5, 5.41) is 9.34. The first-order chi connectivity index (χ1) is 7.58. The van der Waals surface area contributed by atoms with Crippen molar-refractivity contribution in [2.24, 2.45) is 0 Å². The Bertz CT molecular complexity index is 551. The summed E-state index contributed by atoms with van der Waals surface area (Å²) in [6, 6.07) is 4.60. The highest BCUT2D eigenvalue weighted by Gasteiger charge is 2.10. The number of carboxylic acid groups (broad SMARTS) is 1. The van der Waals surface area contributed by atoms with Gasteiger partial charge in [-0.25, -0.2) is 14.2 Å². The van der Waals surface area contributed by atoms with Crippen LogP contribution in [0.5, 0.6) is 0 Å². The van der Waals surface area contributed by atoms with Crippen LogP contribution in [0.2, 0.25) is 0 Å². The molecule has 0 amide bonds. The van der Waals surface area contributed by atoms with E-state index in [-0.39, 0.29) is 10.7 Å². The molecule has 0 bridgehead atoms. The van der Waals surface area contributed by atoms with Crippen molar-refractivity contribution in [3.05, 3.63) is 40.7 Å². The predicted molar refractivity (Wildman–Crippen MR) is 59.2 cm³/mol. The van der Waals surface area contributed by atoms with Crippen LogP contribution < -0.4 is 0 Å². The number of halogens is 1. The molecule has 1 heterocycles. The Hall–Kier alpha value is -1.75. The van der Waals surface area contributed by atoms with Crippen molar-refractivity contribution in [1.29, 1.82) is 0 Å². The third kappa shape index (κ3) is 1.94. The van der Waals surface area contributed by atoms with E-state index in [0.717, 1.165) is 16.9 Å². The Balaban J connectivity index is 2.42. The molecule has 1 aromatic carbocycles. The number of benzene rings is 1. The molecule has 0 fully saturated rings. The lowest BCUT2D eigenvalue weighted by molar-refractivity contribution is 0.0702. The van der Waals surface area contributed by atoms with E-state index in [4.69, 9.17) is 5.11 Å². The van der Waals surface area contributed by atoms with Crippen molar-refractivity contribution >= 4 is 17.3 Å². The van der Waals surface area contributed by atoms with Gasteiger partial charge in [-0.3, -0.25) is 0 Å². The van der Waals surface area contributed by atoms with E-state index in [1.54, 1.807) is 19.1 Å². The number of thiazole rings is 1. The number of carbonyl (C=O) groups is 1. The molecule has 1 N–H and O–H groups in total. The molecule has 2 aromatic rings. The van der Waals surface area contributed by atoms with Crippen molar-refractivity contribution in [3.8, 4) is 10.6 Å². The second kappa shape index (κ2) is 4.02. The summed E-state index contributed by atoms with van der Waals surface area (Å²) < 4.78 is 13.0. The Morgan fingerprint density at radius 1 is 1.50 bits per heavy atom. The Morgan fingerprint density at radius 3 is 2.81 bits per heavy atom. The van der Waals surface area contributed by atoms with Crippen LogP contribution in [0.15, 0.2) is 24.4 Å². The number of aryl methyl sites for hydroxylation is 1. The zero-order valence-corrected chi connectivity index (χ0v) is 9.21. The maximum Gasteiger partial charge on any atom is 0.347 e. The monoisotopic (exact) mass is 237 g/mol. The van der Waals surface area contributed by atoms with E-state index in [1.165, 1.54) is 12.3 Å². The number of aromatic nitrogens is 1. The standard InChI is InChI=1S/C11H8FNO2S/c1-6-4-7(2-3-8(6)12)10-13-5-9(16-10)11(14)15/h2-5H,1H3,(H,14,15). The van der Waals surface area contributed by atoms with Gasteiger partial charge in [0.25, 0.3) is 0 Å². The van der Waals surface area contributed by atoms with Gasteiger partial charge in [-0.15, -0.1) is 11.3 Å². The number of carboxylic acids is 1. The number of rotatable bonds is 2. The van der Waals surface area contributed by atoms with Crippen molar-refractivity contribution in [1.82, 2.24) is 4.98 Å². The minimum absolute atomic E-state index is 0.178. The van der Waals surface area contributed by atoms with Gasteiger partial charge in [0.2, 0.25) is 0 Å². The molecule has 0 spiro atoms. The van der Waals surface area contributed by atoms with Crippen molar-refractivity contribution < 1.29 is 14.3 Å². The van der Waals surface area contributed by atoms with Crippen molar-refractivity contribution in [2.75, 3.05) is 0 Å². The first-order valence-electron chi connectivity index (χ1n) is 4.53. The van der Waals surface area contributed by atoms with Crippen LogP contribution in [0.4, 0.5) is 4.39 Å². The largest absolute Gasteiger partial charge is 0.477 e. The lowest BCUT2D eigenvalue weighted by Crippen LogP contribution is -1.89. The number of nitrogens with zero attached hydrogens (tertiary/aromatic N) is 1. The Morgan fingerprint density at radius 2 is 2.25 bits per heavy atom. The molecule has 0 aliphatic carbocycles. The molecule has 0 unspecified atom stereocenters. The second-order valence-electron chi connectivity index (χ2n) is 3.30. The van der Waals surface area contributed by atoms with E-state index in [0.29, 0.717) is 10.6 Å². The molecule has 5 heteroatoms. The van der Waals surface area contributed by atoms with Crippen LogP contribution in [0.1, 0.15) is 15.2 Å². The summed E-state index contributed by atoms with van der Waals surface area (Å²) >= 11 is 1.08. The quantitative estimate of drug-likeness (QED) is 0.873. The van der Waals surface area contributed by atoms with Crippen molar-refractivity contribution in [3.63, 3.8) is 0 Å². The molecule has 2 rings (SSSR count). The number of aromatic carboxylic acids is 1. The lowest BCUT2D eigenvalue weighted by atomic mass is 10.1. The SMILES string of the molecule is Cc1cc(-c2ncc(C(=O)O)s2)ccc1F. The minimum atomic E-state index is -0.998. The van der Waals surface area contributed by atoms with E-state index in [1.807, 2.05) is 0 Å².